The molecule has 7 heteroatoms. The fourth-order valence-electron chi connectivity index (χ4n) is 7.60. The molecule has 0 heterocycles. The minimum atomic E-state index is -1.82. The van der Waals surface area contributed by atoms with Crippen LogP contribution in [0.2, 0.25) is 0 Å². The molecule has 0 aromatic heterocycles. The zero-order valence-electron chi connectivity index (χ0n) is 20.6. The van der Waals surface area contributed by atoms with Crippen molar-refractivity contribution in [1.82, 2.24) is 0 Å². The molecule has 4 aliphatic rings. The molecule has 0 aliphatic heterocycles. The number of ether oxygens (including phenoxy) is 1. The summed E-state index contributed by atoms with van der Waals surface area (Å²) in [5, 5.41) is 44.6. The van der Waals surface area contributed by atoms with E-state index in [1.54, 1.807) is 49.4 Å². The van der Waals surface area contributed by atoms with Gasteiger partial charge in [-0.3, -0.25) is 4.79 Å². The van der Waals surface area contributed by atoms with E-state index in [4.69, 9.17) is 4.74 Å². The molecule has 0 unspecified atom stereocenters. The SMILES string of the molecule is CC1=C[C@H]2[C@@]3(O)[C@H](C)C[C@]4(OC(=O)[C@H](O)c5ccccc5)[C@H]([C@@H]3C=C(CO)C[C@]2(O)C1=O)C4(C)C. The highest BCUT2D eigenvalue weighted by atomic mass is 16.6. The normalized spacial score (nSPS) is 42.0. The first-order chi connectivity index (χ1) is 16.3. The Morgan fingerprint density at radius 3 is 2.46 bits per heavy atom. The third-order valence-corrected chi connectivity index (χ3v) is 9.50. The lowest BCUT2D eigenvalue weighted by Crippen LogP contribution is -2.61. The Bertz CT molecular complexity index is 1140. The Morgan fingerprint density at radius 2 is 1.83 bits per heavy atom. The molecular formula is C28H34O7. The highest BCUT2D eigenvalue weighted by Crippen LogP contribution is 2.76. The molecule has 5 rings (SSSR count). The Kier molecular flexibility index (Phi) is 5.29. The van der Waals surface area contributed by atoms with Crippen molar-refractivity contribution in [3.63, 3.8) is 0 Å². The number of carbonyl (C=O) groups is 2. The van der Waals surface area contributed by atoms with E-state index in [0.29, 0.717) is 23.1 Å². The molecular weight excluding hydrogens is 448 g/mol. The number of rotatable bonds is 4. The Balaban J connectivity index is 1.55. The van der Waals surface area contributed by atoms with Gasteiger partial charge in [0.25, 0.3) is 0 Å². The van der Waals surface area contributed by atoms with Gasteiger partial charge in [0.05, 0.1) is 12.2 Å². The van der Waals surface area contributed by atoms with E-state index in [1.165, 1.54) is 0 Å². The summed E-state index contributed by atoms with van der Waals surface area (Å²) in [6.45, 7) is 7.09. The first-order valence-electron chi connectivity index (χ1n) is 12.3. The quantitative estimate of drug-likeness (QED) is 0.383. The van der Waals surface area contributed by atoms with Crippen LogP contribution < -0.4 is 0 Å². The minimum Gasteiger partial charge on any atom is -0.456 e. The average Bonchev–Trinajstić information content (AvgIpc) is 3.23. The van der Waals surface area contributed by atoms with E-state index in [0.717, 1.165) is 0 Å². The van der Waals surface area contributed by atoms with Crippen LogP contribution in [0.3, 0.4) is 0 Å². The van der Waals surface area contributed by atoms with Crippen LogP contribution in [0.15, 0.2) is 53.6 Å². The zero-order valence-corrected chi connectivity index (χ0v) is 20.6. The second kappa shape index (κ2) is 7.59. The lowest BCUT2D eigenvalue weighted by molar-refractivity contribution is -0.191. The molecule has 7 nitrogen and oxygen atoms in total. The fourth-order valence-corrected chi connectivity index (χ4v) is 7.60. The summed E-state index contributed by atoms with van der Waals surface area (Å²) < 4.78 is 6.10. The smallest absolute Gasteiger partial charge is 0.340 e. The van der Waals surface area contributed by atoms with Gasteiger partial charge in [-0.1, -0.05) is 63.3 Å². The second-order valence-electron chi connectivity index (χ2n) is 11.6. The molecule has 2 fully saturated rings. The predicted octanol–water partition coefficient (Wildman–Crippen LogP) is 2.24. The fraction of sp³-hybridized carbons (Fsp3) is 0.571. The van der Waals surface area contributed by atoms with Crippen LogP contribution in [-0.4, -0.2) is 55.6 Å². The molecule has 0 amide bonds. The predicted molar refractivity (Wildman–Crippen MR) is 127 cm³/mol. The van der Waals surface area contributed by atoms with Crippen LogP contribution in [0.5, 0.6) is 0 Å². The topological polar surface area (TPSA) is 124 Å². The van der Waals surface area contributed by atoms with Crippen LogP contribution in [0.1, 0.15) is 52.2 Å². The van der Waals surface area contributed by atoms with Crippen molar-refractivity contribution in [3.8, 4) is 0 Å². The van der Waals surface area contributed by atoms with Gasteiger partial charge in [-0.2, -0.15) is 0 Å². The third kappa shape index (κ3) is 3.05. The number of Topliss-reactive ketones (excluding diaryl/α,β-unsaturated/α-hetero) is 1. The molecule has 0 radical (unpaired) electrons. The number of hydrogen-bond donors (Lipinski definition) is 4. The maximum absolute atomic E-state index is 13.1. The van der Waals surface area contributed by atoms with Crippen molar-refractivity contribution in [2.45, 2.75) is 63.4 Å². The van der Waals surface area contributed by atoms with Gasteiger partial charge >= 0.3 is 5.97 Å². The summed E-state index contributed by atoms with van der Waals surface area (Å²) in [5.41, 5.74) is -3.45. The maximum atomic E-state index is 13.1. The third-order valence-electron chi connectivity index (χ3n) is 9.50. The van der Waals surface area contributed by atoms with E-state index >= 15 is 0 Å². The van der Waals surface area contributed by atoms with Gasteiger partial charge < -0.3 is 25.2 Å². The summed E-state index contributed by atoms with van der Waals surface area (Å²) in [4.78, 5) is 26.1. The van der Waals surface area contributed by atoms with Crippen molar-refractivity contribution < 1.29 is 34.8 Å². The summed E-state index contributed by atoms with van der Waals surface area (Å²) in [6.07, 6.45) is 2.30. The molecule has 1 aromatic rings. The molecule has 0 bridgehead atoms. The number of aliphatic hydroxyl groups excluding tert-OH is 2. The molecule has 188 valence electrons. The lowest BCUT2D eigenvalue weighted by Gasteiger charge is -2.50. The van der Waals surface area contributed by atoms with Crippen LogP contribution in [0, 0.1) is 29.1 Å². The van der Waals surface area contributed by atoms with Crippen molar-refractivity contribution >= 4 is 11.8 Å². The first kappa shape index (κ1) is 24.4. The van der Waals surface area contributed by atoms with Crippen molar-refractivity contribution in [2.24, 2.45) is 29.1 Å². The van der Waals surface area contributed by atoms with Gasteiger partial charge in [-0.25, -0.2) is 4.79 Å². The molecule has 4 N–H and O–H groups in total. The van der Waals surface area contributed by atoms with Gasteiger partial charge in [0.1, 0.15) is 11.2 Å². The lowest BCUT2D eigenvalue weighted by atomic mass is 9.60. The van der Waals surface area contributed by atoms with E-state index in [9.17, 15) is 30.0 Å². The van der Waals surface area contributed by atoms with Gasteiger partial charge in [0.2, 0.25) is 0 Å². The van der Waals surface area contributed by atoms with Crippen LogP contribution in [0.25, 0.3) is 0 Å². The number of carbonyl (C=O) groups excluding carboxylic acids is 2. The molecule has 0 saturated heterocycles. The van der Waals surface area contributed by atoms with E-state index in [2.05, 4.69) is 0 Å². The van der Waals surface area contributed by atoms with E-state index in [1.807, 2.05) is 20.8 Å². The summed E-state index contributed by atoms with van der Waals surface area (Å²) in [5.74, 6) is -3.36. The van der Waals surface area contributed by atoms with Crippen molar-refractivity contribution in [2.75, 3.05) is 6.61 Å². The van der Waals surface area contributed by atoms with Crippen molar-refractivity contribution in [3.05, 3.63) is 59.2 Å². The molecule has 35 heavy (non-hydrogen) atoms. The van der Waals surface area contributed by atoms with E-state index < -0.39 is 57.8 Å². The molecule has 4 aliphatic carbocycles. The highest BCUT2D eigenvalue weighted by Gasteiger charge is 2.83. The Morgan fingerprint density at radius 1 is 1.17 bits per heavy atom. The standard InChI is InChI=1S/C28H34O7/c1-15-10-20-26(33,23(15)31)13-17(14-29)11-19-22-25(3,4)27(22,12-16(2)28(19,20)34)35-24(32)21(30)18-8-6-5-7-9-18/h5-11,16,19-22,29-30,33-34H,12-14H2,1-4H3/t16-,19+,20-,21-,22-,26-,27+,28-/m1/s1. The monoisotopic (exact) mass is 482 g/mol. The Hall–Kier alpha value is -2.32. The number of esters is 1. The molecule has 2 saturated carbocycles. The van der Waals surface area contributed by atoms with Crippen LogP contribution in [0.4, 0.5) is 0 Å². The van der Waals surface area contributed by atoms with E-state index in [-0.39, 0.29) is 18.9 Å². The summed E-state index contributed by atoms with van der Waals surface area (Å²) >= 11 is 0. The number of ketones is 1. The van der Waals surface area contributed by atoms with Gasteiger partial charge in [-0.05, 0) is 36.0 Å². The molecule has 1 aromatic carbocycles. The van der Waals surface area contributed by atoms with Crippen molar-refractivity contribution in [1.29, 1.82) is 0 Å². The average molecular weight is 483 g/mol. The maximum Gasteiger partial charge on any atom is 0.340 e. The van der Waals surface area contributed by atoms with Gasteiger partial charge in [0, 0.05) is 29.6 Å². The van der Waals surface area contributed by atoms with Crippen LogP contribution in [-0.2, 0) is 14.3 Å². The molecule has 8 atom stereocenters. The number of fused-ring (bicyclic) bond motifs is 5. The van der Waals surface area contributed by atoms with Crippen LogP contribution >= 0.6 is 0 Å². The van der Waals surface area contributed by atoms with Gasteiger partial charge in [0.15, 0.2) is 11.9 Å². The minimum absolute atomic E-state index is 0.0565. The first-order valence-corrected chi connectivity index (χ1v) is 12.3. The highest BCUT2D eigenvalue weighted by molar-refractivity contribution is 6.04. The Labute approximate surface area is 205 Å². The van der Waals surface area contributed by atoms with Gasteiger partial charge in [-0.15, -0.1) is 0 Å². The summed E-state index contributed by atoms with van der Waals surface area (Å²) in [6, 6.07) is 8.60. The number of aliphatic hydroxyl groups is 4. The number of benzene rings is 1. The zero-order chi connectivity index (χ0) is 25.6. The number of hydrogen-bond acceptors (Lipinski definition) is 7. The largest absolute Gasteiger partial charge is 0.456 e. The molecule has 0 spiro atoms. The second-order valence-corrected chi connectivity index (χ2v) is 11.6. The summed E-state index contributed by atoms with van der Waals surface area (Å²) in [7, 11) is 0.